The highest BCUT2D eigenvalue weighted by atomic mass is 16.4. The number of amides is 1. The Hall–Kier alpha value is -2.30. The number of nitrogens with zero attached hydrogens (tertiary/aromatic N) is 2. The molecule has 1 atom stereocenters. The van der Waals surface area contributed by atoms with Crippen molar-refractivity contribution < 1.29 is 14.7 Å². The second-order valence-corrected chi connectivity index (χ2v) is 5.50. The molecular formula is C16H18N2O3. The molecule has 110 valence electrons. The number of carboxylic acids is 1. The first-order chi connectivity index (χ1) is 10.1. The van der Waals surface area contributed by atoms with Crippen LogP contribution in [0.15, 0.2) is 30.3 Å². The molecule has 1 aromatic carbocycles. The van der Waals surface area contributed by atoms with Gasteiger partial charge in [-0.15, -0.1) is 0 Å². The fourth-order valence-electron chi connectivity index (χ4n) is 3.07. The van der Waals surface area contributed by atoms with E-state index in [1.165, 1.54) is 4.90 Å². The average molecular weight is 286 g/mol. The maximum absolute atomic E-state index is 12.7. The highest BCUT2D eigenvalue weighted by Crippen LogP contribution is 2.23. The zero-order valence-corrected chi connectivity index (χ0v) is 12.0. The first kappa shape index (κ1) is 13.7. The molecule has 1 fully saturated rings. The van der Waals surface area contributed by atoms with Gasteiger partial charge in [-0.05, 0) is 31.4 Å². The largest absolute Gasteiger partial charge is 0.480 e. The molecule has 3 rings (SSSR count). The summed E-state index contributed by atoms with van der Waals surface area (Å²) in [5, 5.41) is 10.3. The Morgan fingerprint density at radius 2 is 2.00 bits per heavy atom. The van der Waals surface area contributed by atoms with Crippen molar-refractivity contribution in [2.45, 2.75) is 25.3 Å². The van der Waals surface area contributed by atoms with Crippen LogP contribution in [0.5, 0.6) is 0 Å². The van der Waals surface area contributed by atoms with E-state index in [-0.39, 0.29) is 5.91 Å². The predicted octanol–water partition coefficient (Wildman–Crippen LogP) is 2.26. The number of hydrogen-bond acceptors (Lipinski definition) is 2. The Bertz CT molecular complexity index is 705. The molecule has 21 heavy (non-hydrogen) atoms. The Morgan fingerprint density at radius 3 is 2.71 bits per heavy atom. The van der Waals surface area contributed by atoms with Crippen LogP contribution in [0.4, 0.5) is 0 Å². The first-order valence-electron chi connectivity index (χ1n) is 7.18. The van der Waals surface area contributed by atoms with Crippen LogP contribution in [-0.4, -0.2) is 39.0 Å². The highest BCUT2D eigenvalue weighted by molar-refractivity contribution is 6.00. The number of carbonyl (C=O) groups is 2. The van der Waals surface area contributed by atoms with E-state index in [2.05, 4.69) is 0 Å². The van der Waals surface area contributed by atoms with E-state index < -0.39 is 12.0 Å². The summed E-state index contributed by atoms with van der Waals surface area (Å²) >= 11 is 0. The lowest BCUT2D eigenvalue weighted by Gasteiger charge is -2.33. The third-order valence-electron chi connectivity index (χ3n) is 4.22. The van der Waals surface area contributed by atoms with Crippen LogP contribution in [0.25, 0.3) is 10.9 Å². The predicted molar refractivity (Wildman–Crippen MR) is 79.2 cm³/mol. The minimum Gasteiger partial charge on any atom is -0.480 e. The van der Waals surface area contributed by atoms with Gasteiger partial charge in [0.15, 0.2) is 0 Å². The fraction of sp³-hybridized carbons (Fsp3) is 0.375. The van der Waals surface area contributed by atoms with E-state index in [0.717, 1.165) is 23.7 Å². The van der Waals surface area contributed by atoms with Gasteiger partial charge in [-0.3, -0.25) is 4.79 Å². The van der Waals surface area contributed by atoms with E-state index in [1.807, 2.05) is 41.9 Å². The van der Waals surface area contributed by atoms with Gasteiger partial charge in [0.1, 0.15) is 11.7 Å². The van der Waals surface area contributed by atoms with Crippen molar-refractivity contribution in [1.82, 2.24) is 9.47 Å². The van der Waals surface area contributed by atoms with Gasteiger partial charge in [-0.2, -0.15) is 0 Å². The van der Waals surface area contributed by atoms with Gasteiger partial charge < -0.3 is 14.6 Å². The van der Waals surface area contributed by atoms with Crippen LogP contribution in [0.3, 0.4) is 0 Å². The number of para-hydroxylation sites is 1. The number of rotatable bonds is 2. The molecule has 1 aliphatic heterocycles. The number of aliphatic carboxylic acids is 1. The number of aromatic nitrogens is 1. The van der Waals surface area contributed by atoms with Crippen molar-refractivity contribution in [2.24, 2.45) is 7.05 Å². The van der Waals surface area contributed by atoms with E-state index in [0.29, 0.717) is 18.7 Å². The summed E-state index contributed by atoms with van der Waals surface area (Å²) in [5.41, 5.74) is 1.52. The molecule has 0 bridgehead atoms. The van der Waals surface area contributed by atoms with Crippen LogP contribution in [0.2, 0.25) is 0 Å². The molecule has 1 amide bonds. The second-order valence-electron chi connectivity index (χ2n) is 5.50. The van der Waals surface area contributed by atoms with Crippen molar-refractivity contribution in [2.75, 3.05) is 6.54 Å². The van der Waals surface area contributed by atoms with Gasteiger partial charge in [0.25, 0.3) is 5.91 Å². The number of benzene rings is 1. The van der Waals surface area contributed by atoms with Gasteiger partial charge in [0, 0.05) is 24.5 Å². The minimum atomic E-state index is -0.915. The smallest absolute Gasteiger partial charge is 0.326 e. The van der Waals surface area contributed by atoms with Crippen LogP contribution >= 0.6 is 0 Å². The van der Waals surface area contributed by atoms with E-state index >= 15 is 0 Å². The standard InChI is InChI=1S/C16H18N2O3/c1-17-12-7-3-2-6-11(12)10-14(17)15(19)18-9-5-4-8-13(18)16(20)21/h2-3,6-7,10,13H,4-5,8-9H2,1H3,(H,20,21)/t13-/m1/s1. The Balaban J connectivity index is 1.99. The number of fused-ring (bicyclic) bond motifs is 1. The van der Waals surface area contributed by atoms with Gasteiger partial charge in [0.2, 0.25) is 0 Å². The molecule has 0 aliphatic carbocycles. The molecule has 1 aromatic heterocycles. The summed E-state index contributed by atoms with van der Waals surface area (Å²) < 4.78 is 1.84. The van der Waals surface area contributed by atoms with E-state index in [1.54, 1.807) is 0 Å². The molecule has 2 heterocycles. The minimum absolute atomic E-state index is 0.194. The molecule has 0 unspecified atom stereocenters. The molecule has 5 nitrogen and oxygen atoms in total. The highest BCUT2D eigenvalue weighted by Gasteiger charge is 2.33. The average Bonchev–Trinajstić information content (AvgIpc) is 2.84. The van der Waals surface area contributed by atoms with Crippen molar-refractivity contribution >= 4 is 22.8 Å². The topological polar surface area (TPSA) is 62.5 Å². The maximum atomic E-state index is 12.7. The molecule has 0 saturated carbocycles. The number of carbonyl (C=O) groups excluding carboxylic acids is 1. The van der Waals surface area contributed by atoms with E-state index in [4.69, 9.17) is 0 Å². The quantitative estimate of drug-likeness (QED) is 0.921. The van der Waals surface area contributed by atoms with Crippen molar-refractivity contribution in [3.63, 3.8) is 0 Å². The molecule has 1 saturated heterocycles. The molecule has 0 radical (unpaired) electrons. The summed E-state index contributed by atoms with van der Waals surface area (Å²) in [6.07, 6.45) is 2.25. The third-order valence-corrected chi connectivity index (χ3v) is 4.22. The van der Waals surface area contributed by atoms with Crippen molar-refractivity contribution in [1.29, 1.82) is 0 Å². The summed E-state index contributed by atoms with van der Waals surface area (Å²) in [6.45, 7) is 0.511. The number of piperidine rings is 1. The lowest BCUT2D eigenvalue weighted by atomic mass is 10.0. The van der Waals surface area contributed by atoms with Crippen molar-refractivity contribution in [3.8, 4) is 0 Å². The summed E-state index contributed by atoms with van der Waals surface area (Å²) in [4.78, 5) is 25.6. The van der Waals surface area contributed by atoms with Gasteiger partial charge in [0.05, 0.1) is 0 Å². The third kappa shape index (κ3) is 2.28. The van der Waals surface area contributed by atoms with Crippen LogP contribution in [0, 0.1) is 0 Å². The summed E-state index contributed by atoms with van der Waals surface area (Å²) in [5.74, 6) is -1.11. The van der Waals surface area contributed by atoms with Gasteiger partial charge in [-0.25, -0.2) is 4.79 Å². The summed E-state index contributed by atoms with van der Waals surface area (Å²) in [6, 6.07) is 8.90. The number of hydrogen-bond donors (Lipinski definition) is 1. The number of carboxylic acid groups (broad SMARTS) is 1. The van der Waals surface area contributed by atoms with Crippen LogP contribution in [-0.2, 0) is 11.8 Å². The molecular weight excluding hydrogens is 268 g/mol. The number of likely N-dealkylation sites (tertiary alicyclic amines) is 1. The van der Waals surface area contributed by atoms with Gasteiger partial charge >= 0.3 is 5.97 Å². The van der Waals surface area contributed by atoms with Gasteiger partial charge in [-0.1, -0.05) is 18.2 Å². The monoisotopic (exact) mass is 286 g/mol. The molecule has 0 spiro atoms. The second kappa shape index (κ2) is 5.24. The zero-order chi connectivity index (χ0) is 15.0. The number of aryl methyl sites for hydroxylation is 1. The first-order valence-corrected chi connectivity index (χ1v) is 7.18. The van der Waals surface area contributed by atoms with Crippen LogP contribution < -0.4 is 0 Å². The summed E-state index contributed by atoms with van der Waals surface area (Å²) in [7, 11) is 1.84. The molecule has 2 aromatic rings. The Kier molecular flexibility index (Phi) is 3.41. The molecule has 1 aliphatic rings. The molecule has 1 N–H and O–H groups in total. The Morgan fingerprint density at radius 1 is 1.24 bits per heavy atom. The zero-order valence-electron chi connectivity index (χ0n) is 12.0. The normalized spacial score (nSPS) is 18.9. The van der Waals surface area contributed by atoms with Crippen LogP contribution in [0.1, 0.15) is 29.8 Å². The lowest BCUT2D eigenvalue weighted by molar-refractivity contribution is -0.143. The Labute approximate surface area is 122 Å². The SMILES string of the molecule is Cn1c(C(=O)N2CCCC[C@@H]2C(=O)O)cc2ccccc21. The lowest BCUT2D eigenvalue weighted by Crippen LogP contribution is -2.48. The maximum Gasteiger partial charge on any atom is 0.326 e. The van der Waals surface area contributed by atoms with Crippen molar-refractivity contribution in [3.05, 3.63) is 36.0 Å². The van der Waals surface area contributed by atoms with E-state index in [9.17, 15) is 14.7 Å². The molecule has 5 heteroatoms. The fourth-order valence-corrected chi connectivity index (χ4v) is 3.07.